The van der Waals surface area contributed by atoms with Crippen molar-refractivity contribution >= 4 is 11.8 Å². The molecule has 2 N–H and O–H groups in total. The maximum atomic E-state index is 11.9. The van der Waals surface area contributed by atoms with Gasteiger partial charge in [0, 0.05) is 26.1 Å². The average molecular weight is 331 g/mol. The Hall–Kier alpha value is -2.83. The Bertz CT molecular complexity index is 724. The maximum absolute atomic E-state index is 11.9. The molecule has 0 aliphatic carbocycles. The molecule has 0 aliphatic rings. The minimum Gasteiger partial charge on any atom is -0.485 e. The Morgan fingerprint density at radius 2 is 1.92 bits per heavy atom. The zero-order valence-electron chi connectivity index (χ0n) is 14.0. The highest BCUT2D eigenvalue weighted by atomic mass is 16.5. The highest BCUT2D eigenvalue weighted by Gasteiger charge is 2.13. The quantitative estimate of drug-likeness (QED) is 0.754. The molecule has 0 saturated heterocycles. The third-order valence-corrected chi connectivity index (χ3v) is 3.29. The molecular weight excluding hydrogens is 310 g/mol. The van der Waals surface area contributed by atoms with E-state index in [4.69, 9.17) is 9.26 Å². The Morgan fingerprint density at radius 3 is 2.67 bits per heavy atom. The van der Waals surface area contributed by atoms with Crippen LogP contribution in [-0.4, -0.2) is 30.1 Å². The summed E-state index contributed by atoms with van der Waals surface area (Å²) in [7, 11) is 0. The number of amides is 2. The number of hydrogen-bond acceptors (Lipinski definition) is 5. The summed E-state index contributed by atoms with van der Waals surface area (Å²) < 4.78 is 10.8. The first-order valence-corrected chi connectivity index (χ1v) is 7.64. The Morgan fingerprint density at radius 1 is 1.17 bits per heavy atom. The minimum absolute atomic E-state index is 0.142. The molecule has 1 aromatic carbocycles. The van der Waals surface area contributed by atoms with Crippen LogP contribution in [0.4, 0.5) is 0 Å². The van der Waals surface area contributed by atoms with Gasteiger partial charge in [0.05, 0.1) is 0 Å². The second-order valence-corrected chi connectivity index (χ2v) is 5.47. The lowest BCUT2D eigenvalue weighted by atomic mass is 10.1. The zero-order chi connectivity index (χ0) is 17.5. The number of rotatable bonds is 7. The van der Waals surface area contributed by atoms with E-state index in [0.717, 1.165) is 16.9 Å². The molecular formula is C17H21N3O4. The van der Waals surface area contributed by atoms with Crippen molar-refractivity contribution in [1.82, 2.24) is 15.8 Å². The minimum atomic E-state index is -0.359. The molecule has 0 atom stereocenters. The number of nitrogens with zero attached hydrogens (tertiary/aromatic N) is 1. The number of hydrogen-bond donors (Lipinski definition) is 2. The van der Waals surface area contributed by atoms with Gasteiger partial charge in [0.15, 0.2) is 11.5 Å². The molecule has 2 amide bonds. The molecule has 7 nitrogen and oxygen atoms in total. The molecule has 1 aromatic heterocycles. The molecule has 0 spiro atoms. The van der Waals surface area contributed by atoms with Crippen molar-refractivity contribution in [1.29, 1.82) is 0 Å². The van der Waals surface area contributed by atoms with Crippen molar-refractivity contribution in [3.8, 4) is 5.75 Å². The fourth-order valence-corrected chi connectivity index (χ4v) is 2.00. The van der Waals surface area contributed by atoms with Gasteiger partial charge in [-0.2, -0.15) is 0 Å². The van der Waals surface area contributed by atoms with Crippen LogP contribution >= 0.6 is 0 Å². The SMILES string of the molecule is CC(=O)NCCNC(=O)c1cc(COc2cc(C)ccc2C)on1. The van der Waals surface area contributed by atoms with E-state index in [2.05, 4.69) is 15.8 Å². The Labute approximate surface area is 140 Å². The molecule has 0 saturated carbocycles. The fourth-order valence-electron chi connectivity index (χ4n) is 2.00. The summed E-state index contributed by atoms with van der Waals surface area (Å²) in [5.74, 6) is 0.731. The summed E-state index contributed by atoms with van der Waals surface area (Å²) in [5.41, 5.74) is 2.31. The number of nitrogens with one attached hydrogen (secondary N) is 2. The van der Waals surface area contributed by atoms with E-state index in [1.165, 1.54) is 6.92 Å². The van der Waals surface area contributed by atoms with E-state index in [1.54, 1.807) is 6.07 Å². The highest BCUT2D eigenvalue weighted by molar-refractivity contribution is 5.92. The maximum Gasteiger partial charge on any atom is 0.273 e. The van der Waals surface area contributed by atoms with Crippen LogP contribution in [0.5, 0.6) is 5.75 Å². The molecule has 7 heteroatoms. The third kappa shape index (κ3) is 5.12. The lowest BCUT2D eigenvalue weighted by molar-refractivity contribution is -0.118. The van der Waals surface area contributed by atoms with Crippen molar-refractivity contribution in [2.24, 2.45) is 0 Å². The van der Waals surface area contributed by atoms with E-state index in [9.17, 15) is 9.59 Å². The lowest BCUT2D eigenvalue weighted by Crippen LogP contribution is -2.33. The van der Waals surface area contributed by atoms with Gasteiger partial charge >= 0.3 is 0 Å². The topological polar surface area (TPSA) is 93.5 Å². The predicted molar refractivity (Wildman–Crippen MR) is 87.8 cm³/mol. The average Bonchev–Trinajstić information content (AvgIpc) is 3.01. The van der Waals surface area contributed by atoms with Crippen LogP contribution in [0.25, 0.3) is 0 Å². The lowest BCUT2D eigenvalue weighted by Gasteiger charge is -2.07. The normalized spacial score (nSPS) is 10.3. The number of benzene rings is 1. The van der Waals surface area contributed by atoms with Gasteiger partial charge in [0.1, 0.15) is 12.4 Å². The first-order valence-electron chi connectivity index (χ1n) is 7.64. The first kappa shape index (κ1) is 17.5. The van der Waals surface area contributed by atoms with Gasteiger partial charge in [0.2, 0.25) is 5.91 Å². The molecule has 0 unspecified atom stereocenters. The van der Waals surface area contributed by atoms with Crippen molar-refractivity contribution in [3.63, 3.8) is 0 Å². The Kier molecular flexibility index (Phi) is 5.95. The number of carbonyl (C=O) groups excluding carboxylic acids is 2. The fraction of sp³-hybridized carbons (Fsp3) is 0.353. The summed E-state index contributed by atoms with van der Waals surface area (Å²) in [6.45, 7) is 6.24. The summed E-state index contributed by atoms with van der Waals surface area (Å²) in [6, 6.07) is 7.49. The van der Waals surface area contributed by atoms with E-state index in [-0.39, 0.29) is 24.1 Å². The standard InChI is InChI=1S/C17H21N3O4/c1-11-4-5-12(2)16(8-11)23-10-14-9-15(20-24-14)17(22)19-7-6-18-13(3)21/h4-5,8-9H,6-7,10H2,1-3H3,(H,18,21)(H,19,22). The molecule has 24 heavy (non-hydrogen) atoms. The smallest absolute Gasteiger partial charge is 0.273 e. The summed E-state index contributed by atoms with van der Waals surface area (Å²) in [6.07, 6.45) is 0. The van der Waals surface area contributed by atoms with Crippen LogP contribution in [0.2, 0.25) is 0 Å². The van der Waals surface area contributed by atoms with Crippen LogP contribution in [0, 0.1) is 13.8 Å². The number of carbonyl (C=O) groups is 2. The molecule has 0 bridgehead atoms. The van der Waals surface area contributed by atoms with Crippen LogP contribution in [-0.2, 0) is 11.4 Å². The predicted octanol–water partition coefficient (Wildman–Crippen LogP) is 1.74. The number of ether oxygens (including phenoxy) is 1. The van der Waals surface area contributed by atoms with E-state index in [1.807, 2.05) is 32.0 Å². The van der Waals surface area contributed by atoms with Gasteiger partial charge in [-0.05, 0) is 31.0 Å². The van der Waals surface area contributed by atoms with Gasteiger partial charge < -0.3 is 19.9 Å². The van der Waals surface area contributed by atoms with Gasteiger partial charge in [-0.1, -0.05) is 17.3 Å². The van der Waals surface area contributed by atoms with Crippen LogP contribution in [0.15, 0.2) is 28.8 Å². The molecule has 2 rings (SSSR count). The number of aromatic nitrogens is 1. The highest BCUT2D eigenvalue weighted by Crippen LogP contribution is 2.20. The number of aryl methyl sites for hydroxylation is 2. The molecule has 128 valence electrons. The summed E-state index contributed by atoms with van der Waals surface area (Å²) >= 11 is 0. The monoisotopic (exact) mass is 331 g/mol. The summed E-state index contributed by atoms with van der Waals surface area (Å²) in [4.78, 5) is 22.6. The van der Waals surface area contributed by atoms with Crippen LogP contribution < -0.4 is 15.4 Å². The largest absolute Gasteiger partial charge is 0.485 e. The van der Waals surface area contributed by atoms with Crippen molar-refractivity contribution in [3.05, 3.63) is 46.8 Å². The Balaban J connectivity index is 1.85. The van der Waals surface area contributed by atoms with Crippen LogP contribution in [0.3, 0.4) is 0 Å². The first-order chi connectivity index (χ1) is 11.5. The molecule has 2 aromatic rings. The second-order valence-electron chi connectivity index (χ2n) is 5.47. The molecule has 1 heterocycles. The van der Waals surface area contributed by atoms with E-state index < -0.39 is 0 Å². The second kappa shape index (κ2) is 8.14. The molecule has 0 fully saturated rings. The van der Waals surface area contributed by atoms with Crippen molar-refractivity contribution < 1.29 is 18.8 Å². The van der Waals surface area contributed by atoms with Gasteiger partial charge in [-0.3, -0.25) is 9.59 Å². The van der Waals surface area contributed by atoms with Crippen molar-refractivity contribution in [2.75, 3.05) is 13.1 Å². The molecule has 0 aliphatic heterocycles. The molecule has 0 radical (unpaired) electrons. The van der Waals surface area contributed by atoms with Crippen molar-refractivity contribution in [2.45, 2.75) is 27.4 Å². The van der Waals surface area contributed by atoms with Gasteiger partial charge in [0.25, 0.3) is 5.91 Å². The van der Waals surface area contributed by atoms with Gasteiger partial charge in [-0.25, -0.2) is 0 Å². The van der Waals surface area contributed by atoms with Crippen LogP contribution in [0.1, 0.15) is 34.3 Å². The third-order valence-electron chi connectivity index (χ3n) is 3.29. The summed E-state index contributed by atoms with van der Waals surface area (Å²) in [5, 5.41) is 8.96. The zero-order valence-corrected chi connectivity index (χ0v) is 14.0. The van der Waals surface area contributed by atoms with Gasteiger partial charge in [-0.15, -0.1) is 0 Å². The van der Waals surface area contributed by atoms with E-state index in [0.29, 0.717) is 18.8 Å². The van der Waals surface area contributed by atoms with E-state index >= 15 is 0 Å².